The van der Waals surface area contributed by atoms with E-state index in [0.29, 0.717) is 18.1 Å². The van der Waals surface area contributed by atoms with Crippen LogP contribution in [-0.2, 0) is 16.0 Å². The van der Waals surface area contributed by atoms with Gasteiger partial charge in [-0.3, -0.25) is 0 Å². The van der Waals surface area contributed by atoms with Gasteiger partial charge in [-0.25, -0.2) is 9.79 Å². The maximum Gasteiger partial charge on any atom is 0.363 e. The molecule has 27 heavy (non-hydrogen) atoms. The number of hydrogen-bond acceptors (Lipinski definition) is 5. The fourth-order valence-electron chi connectivity index (χ4n) is 3.01. The van der Waals surface area contributed by atoms with Gasteiger partial charge in [0.05, 0.1) is 14.2 Å². The van der Waals surface area contributed by atoms with E-state index in [0.717, 1.165) is 23.3 Å². The van der Waals surface area contributed by atoms with Crippen LogP contribution in [0.5, 0.6) is 11.5 Å². The second-order valence-corrected chi connectivity index (χ2v) is 6.48. The normalized spacial score (nSPS) is 14.9. The monoisotopic (exact) mass is 365 g/mol. The topological polar surface area (TPSA) is 57.1 Å². The summed E-state index contributed by atoms with van der Waals surface area (Å²) in [7, 11) is 3.20. The lowest BCUT2D eigenvalue weighted by atomic mass is 10.1. The number of esters is 1. The summed E-state index contributed by atoms with van der Waals surface area (Å²) >= 11 is 0. The van der Waals surface area contributed by atoms with Crippen LogP contribution < -0.4 is 9.47 Å². The number of carbonyl (C=O) groups excluding carboxylic acids is 1. The Morgan fingerprint density at radius 1 is 1.04 bits per heavy atom. The molecule has 0 spiro atoms. The molecule has 1 heterocycles. The van der Waals surface area contributed by atoms with E-state index in [1.54, 1.807) is 20.3 Å². The van der Waals surface area contributed by atoms with Gasteiger partial charge >= 0.3 is 5.97 Å². The molecule has 0 fully saturated rings. The first-order valence-electron chi connectivity index (χ1n) is 8.79. The molecule has 0 saturated carbocycles. The lowest BCUT2D eigenvalue weighted by Crippen LogP contribution is -2.05. The van der Waals surface area contributed by atoms with Gasteiger partial charge in [-0.2, -0.15) is 0 Å². The van der Waals surface area contributed by atoms with Gasteiger partial charge in [0.15, 0.2) is 11.6 Å². The highest BCUT2D eigenvalue weighted by atomic mass is 16.6. The molecule has 0 aromatic heterocycles. The van der Waals surface area contributed by atoms with Gasteiger partial charge in [0.25, 0.3) is 0 Å². The minimum atomic E-state index is -0.448. The second-order valence-electron chi connectivity index (χ2n) is 6.48. The number of aliphatic imine (C=N–C) groups is 1. The lowest BCUT2D eigenvalue weighted by molar-refractivity contribution is -0.130. The van der Waals surface area contributed by atoms with Crippen molar-refractivity contribution < 1.29 is 19.0 Å². The van der Waals surface area contributed by atoms with Crippen LogP contribution in [-0.4, -0.2) is 26.1 Å². The fourth-order valence-corrected chi connectivity index (χ4v) is 3.01. The molecule has 1 aliphatic heterocycles. The highest BCUT2D eigenvalue weighted by Gasteiger charge is 2.23. The van der Waals surface area contributed by atoms with Crippen LogP contribution in [0.4, 0.5) is 0 Å². The number of cyclic esters (lactones) is 1. The molecule has 5 heteroatoms. The average molecular weight is 365 g/mol. The van der Waals surface area contributed by atoms with Crippen molar-refractivity contribution in [1.29, 1.82) is 0 Å². The molecule has 0 N–H and O–H groups in total. The molecule has 0 aliphatic carbocycles. The van der Waals surface area contributed by atoms with Gasteiger partial charge in [0.1, 0.15) is 11.5 Å². The standard InChI is InChI=1S/C22H23NO4/c1-14-6-5-7-16(10-14)8-9-21-23-18(22(24)27-21)12-17-13-19(25-3)15(2)11-20(17)26-4/h5-7,10-13H,8-9H2,1-4H3/b18-12+. The highest BCUT2D eigenvalue weighted by molar-refractivity contribution is 6.07. The zero-order valence-electron chi connectivity index (χ0n) is 16.0. The molecular formula is C22H23NO4. The van der Waals surface area contributed by atoms with E-state index in [9.17, 15) is 4.79 Å². The van der Waals surface area contributed by atoms with Crippen molar-refractivity contribution in [3.8, 4) is 11.5 Å². The zero-order chi connectivity index (χ0) is 19.4. The van der Waals surface area contributed by atoms with Gasteiger partial charge in [0.2, 0.25) is 0 Å². The maximum atomic E-state index is 12.2. The molecular weight excluding hydrogens is 342 g/mol. The Bertz CT molecular complexity index is 928. The summed E-state index contributed by atoms with van der Waals surface area (Å²) < 4.78 is 16.1. The van der Waals surface area contributed by atoms with Crippen molar-refractivity contribution in [2.75, 3.05) is 14.2 Å². The van der Waals surface area contributed by atoms with E-state index in [1.807, 2.05) is 25.1 Å². The van der Waals surface area contributed by atoms with Crippen molar-refractivity contribution in [2.24, 2.45) is 4.99 Å². The fraction of sp³-hybridized carbons (Fsp3) is 0.273. The quantitative estimate of drug-likeness (QED) is 0.567. The van der Waals surface area contributed by atoms with E-state index in [-0.39, 0.29) is 5.70 Å². The minimum Gasteiger partial charge on any atom is -0.496 e. The van der Waals surface area contributed by atoms with Crippen LogP contribution in [0.2, 0.25) is 0 Å². The molecule has 3 rings (SSSR count). The van der Waals surface area contributed by atoms with Crippen molar-refractivity contribution in [3.63, 3.8) is 0 Å². The maximum absolute atomic E-state index is 12.2. The number of hydrogen-bond donors (Lipinski definition) is 0. The van der Waals surface area contributed by atoms with Crippen LogP contribution in [0.3, 0.4) is 0 Å². The molecule has 140 valence electrons. The summed E-state index contributed by atoms with van der Waals surface area (Å²) in [6.45, 7) is 3.99. The Morgan fingerprint density at radius 2 is 1.81 bits per heavy atom. The predicted molar refractivity (Wildman–Crippen MR) is 105 cm³/mol. The Labute approximate surface area is 159 Å². The molecule has 0 radical (unpaired) electrons. The van der Waals surface area contributed by atoms with Crippen molar-refractivity contribution in [1.82, 2.24) is 0 Å². The molecule has 2 aromatic carbocycles. The molecule has 0 atom stereocenters. The largest absolute Gasteiger partial charge is 0.496 e. The molecule has 1 aliphatic rings. The van der Waals surface area contributed by atoms with E-state index in [2.05, 4.69) is 30.1 Å². The molecule has 0 bridgehead atoms. The first-order valence-corrected chi connectivity index (χ1v) is 8.79. The Kier molecular flexibility index (Phi) is 5.60. The lowest BCUT2D eigenvalue weighted by Gasteiger charge is -2.10. The molecule has 0 unspecified atom stereocenters. The average Bonchev–Trinajstić information content (AvgIpc) is 3.00. The summed E-state index contributed by atoms with van der Waals surface area (Å²) in [6, 6.07) is 12.0. The summed E-state index contributed by atoms with van der Waals surface area (Å²) in [5.41, 5.74) is 4.33. The van der Waals surface area contributed by atoms with E-state index >= 15 is 0 Å². The molecule has 0 saturated heterocycles. The van der Waals surface area contributed by atoms with E-state index in [4.69, 9.17) is 14.2 Å². The van der Waals surface area contributed by atoms with Crippen LogP contribution >= 0.6 is 0 Å². The van der Waals surface area contributed by atoms with Crippen LogP contribution in [0.15, 0.2) is 47.1 Å². The minimum absolute atomic E-state index is 0.262. The molecule has 5 nitrogen and oxygen atoms in total. The number of rotatable bonds is 6. The number of benzene rings is 2. The summed E-state index contributed by atoms with van der Waals surface area (Å²) in [5.74, 6) is 1.36. The van der Waals surface area contributed by atoms with Crippen LogP contribution in [0, 0.1) is 13.8 Å². The highest BCUT2D eigenvalue weighted by Crippen LogP contribution is 2.31. The summed E-state index contributed by atoms with van der Waals surface area (Å²) in [5, 5.41) is 0. The third-order valence-corrected chi connectivity index (χ3v) is 4.41. The van der Waals surface area contributed by atoms with E-state index < -0.39 is 5.97 Å². The van der Waals surface area contributed by atoms with Gasteiger partial charge in [0, 0.05) is 12.0 Å². The third-order valence-electron chi connectivity index (χ3n) is 4.41. The van der Waals surface area contributed by atoms with Gasteiger partial charge < -0.3 is 14.2 Å². The summed E-state index contributed by atoms with van der Waals surface area (Å²) in [4.78, 5) is 16.6. The number of ether oxygens (including phenoxy) is 3. The molecule has 0 amide bonds. The van der Waals surface area contributed by atoms with Crippen molar-refractivity contribution in [2.45, 2.75) is 26.7 Å². The van der Waals surface area contributed by atoms with Gasteiger partial charge in [-0.1, -0.05) is 29.8 Å². The predicted octanol–water partition coefficient (Wildman–Crippen LogP) is 4.25. The second kappa shape index (κ2) is 8.08. The van der Waals surface area contributed by atoms with E-state index in [1.165, 1.54) is 11.1 Å². The van der Waals surface area contributed by atoms with Crippen LogP contribution in [0.1, 0.15) is 28.7 Å². The third kappa shape index (κ3) is 4.37. The zero-order valence-corrected chi connectivity index (χ0v) is 16.0. The van der Waals surface area contributed by atoms with Crippen LogP contribution in [0.25, 0.3) is 6.08 Å². The number of aryl methyl sites for hydroxylation is 3. The smallest absolute Gasteiger partial charge is 0.363 e. The van der Waals surface area contributed by atoms with Gasteiger partial charge in [-0.05, 0) is 49.6 Å². The first kappa shape index (κ1) is 18.7. The Morgan fingerprint density at radius 3 is 2.52 bits per heavy atom. The first-order chi connectivity index (χ1) is 13.0. The van der Waals surface area contributed by atoms with Crippen molar-refractivity contribution >= 4 is 17.9 Å². The SMILES string of the molecule is COc1cc(/C=C2/N=C(CCc3cccc(C)c3)OC2=O)c(OC)cc1C. The summed E-state index contributed by atoms with van der Waals surface area (Å²) in [6.07, 6.45) is 3.01. The number of methoxy groups -OCH3 is 2. The van der Waals surface area contributed by atoms with Gasteiger partial charge in [-0.15, -0.1) is 0 Å². The Hall–Kier alpha value is -3.08. The number of nitrogens with zero attached hydrogens (tertiary/aromatic N) is 1. The Balaban J connectivity index is 1.81. The number of carbonyl (C=O) groups is 1. The van der Waals surface area contributed by atoms with Crippen molar-refractivity contribution in [3.05, 3.63) is 64.3 Å². The molecule has 2 aromatic rings.